The average molecular weight is 403 g/mol. The first kappa shape index (κ1) is 22.1. The van der Waals surface area contributed by atoms with Crippen molar-refractivity contribution in [3.63, 3.8) is 0 Å². The van der Waals surface area contributed by atoms with Crippen molar-refractivity contribution in [3.8, 4) is 12.1 Å². The molecule has 0 spiro atoms. The Bertz CT molecular complexity index is 617. The van der Waals surface area contributed by atoms with Crippen LogP contribution in [0.5, 0.6) is 0 Å². The molecule has 2 nitrogen and oxygen atoms in total. The smallest absolute Gasteiger partial charge is 0.137 e. The summed E-state index contributed by atoms with van der Waals surface area (Å²) in [7, 11) is -4.77. The molecule has 0 saturated heterocycles. The molecule has 0 aliphatic rings. The molecule has 0 heterocycles. The van der Waals surface area contributed by atoms with E-state index >= 15 is 0 Å². The molecule has 0 bridgehead atoms. The van der Waals surface area contributed by atoms with Crippen LogP contribution in [-0.2, 0) is 0 Å². The molecule has 0 aromatic heterocycles. The standard InChI is InChI=1S/C19H34N2Si4/c1-22(2,3)25(23(4,5)6,24(7,8)9)19(18(15-20)16-21)17-13-11-10-12-14-17/h10-14,18-19H,1-9H3. The average Bonchev–Trinajstić information content (AvgIpc) is 2.44. The predicted octanol–water partition coefficient (Wildman–Crippen LogP) is 5.67. The zero-order chi connectivity index (χ0) is 19.7. The second-order valence-corrected chi connectivity index (χ2v) is 51.0. The zero-order valence-electron chi connectivity index (χ0n) is 17.4. The van der Waals surface area contributed by atoms with E-state index in [0.29, 0.717) is 0 Å². The van der Waals surface area contributed by atoms with E-state index in [1.807, 2.05) is 6.07 Å². The predicted molar refractivity (Wildman–Crippen MR) is 120 cm³/mol. The van der Waals surface area contributed by atoms with E-state index in [1.165, 1.54) is 5.56 Å². The highest BCUT2D eigenvalue weighted by Crippen LogP contribution is 2.49. The van der Waals surface area contributed by atoms with Gasteiger partial charge in [0, 0.05) is 34.9 Å². The third kappa shape index (κ3) is 3.78. The first-order chi connectivity index (χ1) is 11.3. The van der Waals surface area contributed by atoms with E-state index in [2.05, 4.69) is 95.3 Å². The minimum absolute atomic E-state index is 0.147. The number of nitrogens with zero attached hydrogens (tertiary/aromatic N) is 2. The van der Waals surface area contributed by atoms with E-state index in [1.54, 1.807) is 0 Å². The highest BCUT2D eigenvalue weighted by molar-refractivity contribution is 7.89. The highest BCUT2D eigenvalue weighted by atomic mass is 29.9. The van der Waals surface area contributed by atoms with Gasteiger partial charge in [-0.05, 0) is 5.56 Å². The van der Waals surface area contributed by atoms with Crippen molar-refractivity contribution in [2.24, 2.45) is 5.92 Å². The van der Waals surface area contributed by atoms with Crippen LogP contribution < -0.4 is 0 Å². The zero-order valence-corrected chi connectivity index (χ0v) is 21.4. The lowest BCUT2D eigenvalue weighted by atomic mass is 10.0. The molecule has 6 heteroatoms. The Morgan fingerprint density at radius 2 is 1.04 bits per heavy atom. The summed E-state index contributed by atoms with van der Waals surface area (Å²) in [6.07, 6.45) is 0. The van der Waals surface area contributed by atoms with E-state index in [9.17, 15) is 10.5 Å². The summed E-state index contributed by atoms with van der Waals surface area (Å²) in [6.45, 7) is 20.8. The molecule has 0 aliphatic heterocycles. The normalized spacial score (nSPS) is 14.7. The van der Waals surface area contributed by atoms with Crippen molar-refractivity contribution in [2.45, 2.75) is 64.5 Å². The third-order valence-corrected chi connectivity index (χ3v) is 79.1. The minimum Gasteiger partial charge on any atom is -0.197 e. The van der Waals surface area contributed by atoms with Crippen LogP contribution in [0.1, 0.15) is 11.1 Å². The summed E-state index contributed by atoms with van der Waals surface area (Å²) in [5.74, 6) is -0.528. The van der Waals surface area contributed by atoms with Gasteiger partial charge >= 0.3 is 0 Å². The molecular formula is C19H34N2Si4. The third-order valence-electron chi connectivity index (χ3n) is 5.79. The fraction of sp³-hybridized carbons (Fsp3) is 0.579. The number of hydrogen-bond donors (Lipinski definition) is 0. The highest BCUT2D eigenvalue weighted by Gasteiger charge is 2.66. The Hall–Kier alpha value is -0.932. The minimum atomic E-state index is -1.90. The van der Waals surface area contributed by atoms with Crippen molar-refractivity contribution in [1.29, 1.82) is 10.5 Å². The lowest BCUT2D eigenvalue weighted by Crippen LogP contribution is -2.85. The van der Waals surface area contributed by atoms with Crippen LogP contribution in [0.4, 0.5) is 0 Å². The molecule has 136 valence electrons. The van der Waals surface area contributed by atoms with Crippen LogP contribution in [0.2, 0.25) is 58.9 Å². The van der Waals surface area contributed by atoms with Gasteiger partial charge in [-0.3, -0.25) is 0 Å². The largest absolute Gasteiger partial charge is 0.197 e. The summed E-state index contributed by atoms with van der Waals surface area (Å²) >= 11 is 0. The Morgan fingerprint density at radius 3 is 1.32 bits per heavy atom. The number of benzene rings is 1. The molecule has 0 radical (unpaired) electrons. The van der Waals surface area contributed by atoms with Crippen molar-refractivity contribution in [3.05, 3.63) is 35.9 Å². The lowest BCUT2D eigenvalue weighted by Gasteiger charge is -2.61. The first-order valence-electron chi connectivity index (χ1n) is 9.10. The molecule has 0 amide bonds. The monoisotopic (exact) mass is 402 g/mol. The summed E-state index contributed by atoms with van der Waals surface area (Å²) in [4.78, 5) is 0. The molecule has 1 atom stereocenters. The van der Waals surface area contributed by atoms with Gasteiger partial charge in [0.2, 0.25) is 0 Å². The Morgan fingerprint density at radius 1 is 0.680 bits per heavy atom. The van der Waals surface area contributed by atoms with Crippen LogP contribution in [0.3, 0.4) is 0 Å². The van der Waals surface area contributed by atoms with Crippen LogP contribution in [0, 0.1) is 28.6 Å². The van der Waals surface area contributed by atoms with Gasteiger partial charge < -0.3 is 0 Å². The van der Waals surface area contributed by atoms with Gasteiger partial charge in [-0.2, -0.15) is 10.5 Å². The first-order valence-corrected chi connectivity index (χ1v) is 24.7. The van der Waals surface area contributed by atoms with Gasteiger partial charge in [0.15, 0.2) is 0 Å². The van der Waals surface area contributed by atoms with Crippen LogP contribution in [0.25, 0.3) is 0 Å². The van der Waals surface area contributed by atoms with Crippen LogP contribution in [0.15, 0.2) is 30.3 Å². The van der Waals surface area contributed by atoms with Gasteiger partial charge in [0.05, 0.1) is 12.1 Å². The molecule has 0 fully saturated rings. The summed E-state index contributed by atoms with van der Waals surface area (Å²) < 4.78 is 0. The van der Waals surface area contributed by atoms with Crippen LogP contribution in [-0.4, -0.2) is 29.4 Å². The Balaban J connectivity index is 4.04. The molecule has 1 unspecified atom stereocenters. The van der Waals surface area contributed by atoms with Crippen molar-refractivity contribution < 1.29 is 0 Å². The lowest BCUT2D eigenvalue weighted by molar-refractivity contribution is 0.785. The van der Waals surface area contributed by atoms with E-state index in [4.69, 9.17) is 0 Å². The number of hydrogen-bond acceptors (Lipinski definition) is 2. The molecule has 0 aliphatic carbocycles. The van der Waals surface area contributed by atoms with Crippen molar-refractivity contribution in [1.82, 2.24) is 0 Å². The van der Waals surface area contributed by atoms with Gasteiger partial charge in [-0.15, -0.1) is 0 Å². The summed E-state index contributed by atoms with van der Waals surface area (Å²) in [5.41, 5.74) is 1.39. The van der Waals surface area contributed by atoms with Gasteiger partial charge in [-0.1, -0.05) is 89.3 Å². The van der Waals surface area contributed by atoms with E-state index in [0.717, 1.165) is 0 Å². The SMILES string of the molecule is C[Si](C)(C)[Si](C(c1ccccc1)C(C#N)C#N)([Si](C)(C)C)[Si](C)(C)C. The molecule has 1 rings (SSSR count). The molecule has 1 aromatic rings. The number of rotatable bonds is 6. The maximum Gasteiger partial charge on any atom is 0.137 e. The van der Waals surface area contributed by atoms with Gasteiger partial charge in [0.25, 0.3) is 0 Å². The summed E-state index contributed by atoms with van der Waals surface area (Å²) in [5, 5.41) is 19.8. The van der Waals surface area contributed by atoms with Crippen molar-refractivity contribution >= 4 is 29.4 Å². The van der Waals surface area contributed by atoms with E-state index < -0.39 is 35.3 Å². The Kier molecular flexibility index (Phi) is 6.51. The van der Waals surface area contributed by atoms with Crippen LogP contribution >= 0.6 is 0 Å². The maximum absolute atomic E-state index is 9.91. The second kappa shape index (κ2) is 7.36. The number of nitriles is 2. The fourth-order valence-corrected chi connectivity index (χ4v) is 110. The Labute approximate surface area is 158 Å². The fourth-order valence-electron chi connectivity index (χ4n) is 6.31. The second-order valence-electron chi connectivity index (χ2n) is 10.2. The molecule has 1 aromatic carbocycles. The van der Waals surface area contributed by atoms with Crippen molar-refractivity contribution in [2.75, 3.05) is 0 Å². The van der Waals surface area contributed by atoms with E-state index in [-0.39, 0.29) is 5.54 Å². The maximum atomic E-state index is 9.91. The van der Waals surface area contributed by atoms with Gasteiger partial charge in [0.1, 0.15) is 5.92 Å². The molecular weight excluding hydrogens is 369 g/mol. The summed E-state index contributed by atoms with van der Waals surface area (Å²) in [6, 6.07) is 15.4. The quantitative estimate of drug-likeness (QED) is 0.575. The molecule has 0 N–H and O–H groups in total. The topological polar surface area (TPSA) is 47.6 Å². The van der Waals surface area contributed by atoms with Gasteiger partial charge in [-0.25, -0.2) is 0 Å². The molecule has 25 heavy (non-hydrogen) atoms. The molecule has 0 saturated carbocycles.